The molecule has 0 saturated heterocycles. The molecule has 158 valence electrons. The van der Waals surface area contributed by atoms with Crippen molar-refractivity contribution in [2.75, 3.05) is 12.4 Å². The molecule has 3 amide bonds. The van der Waals surface area contributed by atoms with Crippen LogP contribution < -0.4 is 10.6 Å². The number of anilines is 1. The number of aromatic nitrogens is 2. The first-order chi connectivity index (χ1) is 14.8. The summed E-state index contributed by atoms with van der Waals surface area (Å²) in [5.41, 5.74) is 5.06. The summed E-state index contributed by atoms with van der Waals surface area (Å²) in [4.78, 5) is 26.7. The van der Waals surface area contributed by atoms with Gasteiger partial charge in [0.1, 0.15) is 5.82 Å². The van der Waals surface area contributed by atoms with Gasteiger partial charge < -0.3 is 15.5 Å². The van der Waals surface area contributed by atoms with E-state index >= 15 is 0 Å². The fraction of sp³-hybridized carbons (Fsp3) is 0.174. The van der Waals surface area contributed by atoms with Crippen molar-refractivity contribution in [3.05, 3.63) is 82.9 Å². The van der Waals surface area contributed by atoms with Crippen LogP contribution in [0.2, 0.25) is 0 Å². The van der Waals surface area contributed by atoms with Crippen molar-refractivity contribution in [1.29, 1.82) is 0 Å². The highest BCUT2D eigenvalue weighted by Gasteiger charge is 2.30. The number of benzene rings is 2. The van der Waals surface area contributed by atoms with Gasteiger partial charge in [0.25, 0.3) is 5.91 Å². The van der Waals surface area contributed by atoms with Crippen LogP contribution in [-0.4, -0.2) is 34.1 Å². The van der Waals surface area contributed by atoms with Crippen molar-refractivity contribution in [2.45, 2.75) is 19.9 Å². The first-order valence-electron chi connectivity index (χ1n) is 9.76. The molecule has 3 N–H and O–H groups in total. The van der Waals surface area contributed by atoms with Gasteiger partial charge in [-0.15, -0.1) is 0 Å². The van der Waals surface area contributed by atoms with E-state index in [0.717, 1.165) is 22.5 Å². The minimum absolute atomic E-state index is 0.342. The fourth-order valence-electron chi connectivity index (χ4n) is 3.43. The Morgan fingerprint density at radius 1 is 1.13 bits per heavy atom. The van der Waals surface area contributed by atoms with E-state index in [4.69, 9.17) is 0 Å². The molecule has 1 aliphatic heterocycles. The Bertz CT molecular complexity index is 1180. The van der Waals surface area contributed by atoms with E-state index in [2.05, 4.69) is 20.8 Å². The Morgan fingerprint density at radius 2 is 1.87 bits per heavy atom. The van der Waals surface area contributed by atoms with Gasteiger partial charge in [0.15, 0.2) is 0 Å². The van der Waals surface area contributed by atoms with Crippen molar-refractivity contribution >= 4 is 17.6 Å². The van der Waals surface area contributed by atoms with Crippen molar-refractivity contribution in [2.24, 2.45) is 0 Å². The second-order valence-electron chi connectivity index (χ2n) is 7.55. The fourth-order valence-corrected chi connectivity index (χ4v) is 3.43. The van der Waals surface area contributed by atoms with Gasteiger partial charge in [0.05, 0.1) is 17.3 Å². The van der Waals surface area contributed by atoms with E-state index in [-0.39, 0.29) is 17.8 Å². The highest BCUT2D eigenvalue weighted by atomic mass is 19.1. The molecule has 0 radical (unpaired) electrons. The van der Waals surface area contributed by atoms with Gasteiger partial charge >= 0.3 is 6.03 Å². The molecule has 0 fully saturated rings. The summed E-state index contributed by atoms with van der Waals surface area (Å²) >= 11 is 0. The van der Waals surface area contributed by atoms with Crippen LogP contribution in [0.4, 0.5) is 14.9 Å². The monoisotopic (exact) mass is 419 g/mol. The average Bonchev–Trinajstić information content (AvgIpc) is 3.18. The summed E-state index contributed by atoms with van der Waals surface area (Å²) in [6.07, 6.45) is 1.50. The molecule has 0 spiro atoms. The zero-order chi connectivity index (χ0) is 22.1. The van der Waals surface area contributed by atoms with E-state index < -0.39 is 6.04 Å². The van der Waals surface area contributed by atoms with Crippen molar-refractivity contribution in [1.82, 2.24) is 20.4 Å². The Morgan fingerprint density at radius 3 is 2.55 bits per heavy atom. The number of nitrogens with zero attached hydrogens (tertiary/aromatic N) is 2. The summed E-state index contributed by atoms with van der Waals surface area (Å²) in [6, 6.07) is 12.3. The second kappa shape index (κ2) is 8.06. The molecule has 1 aliphatic rings. The van der Waals surface area contributed by atoms with E-state index in [1.165, 1.54) is 23.2 Å². The van der Waals surface area contributed by atoms with Crippen LogP contribution in [0.5, 0.6) is 0 Å². The van der Waals surface area contributed by atoms with Gasteiger partial charge in [-0.2, -0.15) is 5.10 Å². The third-order valence-corrected chi connectivity index (χ3v) is 5.18. The van der Waals surface area contributed by atoms with Crippen LogP contribution in [0.15, 0.2) is 60.3 Å². The van der Waals surface area contributed by atoms with Gasteiger partial charge in [-0.25, -0.2) is 9.18 Å². The normalized spacial score (nSPS) is 16.0. The Hall–Kier alpha value is -3.94. The number of rotatable bonds is 4. The molecule has 0 aliphatic carbocycles. The molecule has 0 bridgehead atoms. The van der Waals surface area contributed by atoms with E-state index in [1.807, 2.05) is 38.1 Å². The second-order valence-corrected chi connectivity index (χ2v) is 7.55. The SMILES string of the molecule is Cc1cc(-c2ccc(C)c(NC(=O)C3=CN(C)C(=O)N[C@H]3c3ccc(F)cc3)c2)n[nH]1. The molecule has 8 heteroatoms. The number of hydrogen-bond donors (Lipinski definition) is 3. The Balaban J connectivity index is 1.65. The number of carbonyl (C=O) groups is 2. The van der Waals surface area contributed by atoms with Gasteiger partial charge in [-0.3, -0.25) is 9.89 Å². The molecule has 0 saturated carbocycles. The summed E-state index contributed by atoms with van der Waals surface area (Å²) < 4.78 is 13.4. The summed E-state index contributed by atoms with van der Waals surface area (Å²) in [5.74, 6) is -0.751. The predicted molar refractivity (Wildman–Crippen MR) is 116 cm³/mol. The molecule has 7 nitrogen and oxygen atoms in total. The quantitative estimate of drug-likeness (QED) is 0.596. The highest BCUT2D eigenvalue weighted by Crippen LogP contribution is 2.29. The number of halogens is 1. The number of aromatic amines is 1. The number of urea groups is 1. The highest BCUT2D eigenvalue weighted by molar-refractivity contribution is 6.06. The number of amides is 3. The zero-order valence-corrected chi connectivity index (χ0v) is 17.4. The maximum Gasteiger partial charge on any atom is 0.321 e. The molecule has 2 heterocycles. The standard InChI is InChI=1S/C23H22FN5O2/c1-13-4-5-16(20-10-14(2)27-28-20)11-19(13)25-22(30)18-12-29(3)23(31)26-21(18)15-6-8-17(24)9-7-15/h4-12,21H,1-3H3,(H,25,30)(H,26,31)(H,27,28)/t21-/m0/s1. The molecular weight excluding hydrogens is 397 g/mol. The predicted octanol–water partition coefficient (Wildman–Crippen LogP) is 4.05. The first-order valence-corrected chi connectivity index (χ1v) is 9.76. The lowest BCUT2D eigenvalue weighted by Gasteiger charge is -2.30. The zero-order valence-electron chi connectivity index (χ0n) is 17.4. The maximum atomic E-state index is 13.4. The first kappa shape index (κ1) is 20.3. The van der Waals surface area contributed by atoms with Crippen LogP contribution in [0.3, 0.4) is 0 Å². The lowest BCUT2D eigenvalue weighted by Crippen LogP contribution is -2.44. The third kappa shape index (κ3) is 4.18. The summed E-state index contributed by atoms with van der Waals surface area (Å²) in [6.45, 7) is 3.82. The molecule has 3 aromatic rings. The smallest absolute Gasteiger partial charge is 0.321 e. The van der Waals surface area contributed by atoms with Crippen LogP contribution in [0.25, 0.3) is 11.3 Å². The van der Waals surface area contributed by atoms with Crippen LogP contribution in [0.1, 0.15) is 22.9 Å². The van der Waals surface area contributed by atoms with Crippen molar-refractivity contribution in [3.63, 3.8) is 0 Å². The minimum atomic E-state index is -0.693. The topological polar surface area (TPSA) is 90.1 Å². The molecule has 1 aromatic heterocycles. The molecule has 0 unspecified atom stereocenters. The number of carbonyl (C=O) groups excluding carboxylic acids is 2. The van der Waals surface area contributed by atoms with Crippen molar-refractivity contribution < 1.29 is 14.0 Å². The van der Waals surface area contributed by atoms with Crippen LogP contribution >= 0.6 is 0 Å². The number of hydrogen-bond acceptors (Lipinski definition) is 3. The summed E-state index contributed by atoms with van der Waals surface area (Å²) in [5, 5.41) is 12.9. The van der Waals surface area contributed by atoms with Gasteiger partial charge in [0.2, 0.25) is 0 Å². The van der Waals surface area contributed by atoms with Crippen LogP contribution in [0, 0.1) is 19.7 Å². The number of nitrogens with one attached hydrogen (secondary N) is 3. The Kier molecular flexibility index (Phi) is 5.29. The lowest BCUT2D eigenvalue weighted by molar-refractivity contribution is -0.113. The van der Waals surface area contributed by atoms with Crippen LogP contribution in [-0.2, 0) is 4.79 Å². The molecule has 2 aromatic carbocycles. The maximum absolute atomic E-state index is 13.4. The lowest BCUT2D eigenvalue weighted by atomic mass is 9.97. The largest absolute Gasteiger partial charge is 0.327 e. The van der Waals surface area contributed by atoms with E-state index in [1.54, 1.807) is 19.2 Å². The average molecular weight is 419 g/mol. The Labute approximate surface area is 179 Å². The van der Waals surface area contributed by atoms with Gasteiger partial charge in [-0.05, 0) is 49.2 Å². The van der Waals surface area contributed by atoms with Crippen molar-refractivity contribution in [3.8, 4) is 11.3 Å². The number of H-pyrrole nitrogens is 1. The van der Waals surface area contributed by atoms with Gasteiger partial charge in [-0.1, -0.05) is 24.3 Å². The third-order valence-electron chi connectivity index (χ3n) is 5.18. The minimum Gasteiger partial charge on any atom is -0.327 e. The number of aryl methyl sites for hydroxylation is 2. The van der Waals surface area contributed by atoms with E-state index in [9.17, 15) is 14.0 Å². The van der Waals surface area contributed by atoms with Gasteiger partial charge in [0, 0.05) is 30.2 Å². The molecular formula is C23H22FN5O2. The molecule has 4 rings (SSSR count). The summed E-state index contributed by atoms with van der Waals surface area (Å²) in [7, 11) is 1.56. The van der Waals surface area contributed by atoms with E-state index in [0.29, 0.717) is 16.8 Å². The molecule has 31 heavy (non-hydrogen) atoms. The molecule has 1 atom stereocenters.